The summed E-state index contributed by atoms with van der Waals surface area (Å²) in [5.41, 5.74) is 1.89. The second-order valence-electron chi connectivity index (χ2n) is 6.69. The SMILES string of the molecule is C=CCN(Cc1nc(-c2ccccc2)no1)S(=O)(=O)c1ccc(C(C)C)cc1. The van der Waals surface area contributed by atoms with E-state index in [1.165, 1.54) is 10.4 Å². The molecule has 7 heteroatoms. The standard InChI is InChI=1S/C21H23N3O3S/c1-4-14-24(28(25,26)19-12-10-17(11-13-19)16(2)3)15-20-22-21(23-27-20)18-8-6-5-7-9-18/h4-13,16H,1,14-15H2,2-3H3. The molecule has 0 fully saturated rings. The molecule has 0 unspecified atom stereocenters. The highest BCUT2D eigenvalue weighted by Gasteiger charge is 2.26. The van der Waals surface area contributed by atoms with Crippen molar-refractivity contribution < 1.29 is 12.9 Å². The van der Waals surface area contributed by atoms with Gasteiger partial charge in [-0.1, -0.05) is 67.5 Å². The number of nitrogens with zero attached hydrogens (tertiary/aromatic N) is 3. The summed E-state index contributed by atoms with van der Waals surface area (Å²) >= 11 is 0. The lowest BCUT2D eigenvalue weighted by Gasteiger charge is -2.19. The van der Waals surface area contributed by atoms with Gasteiger partial charge in [0.25, 0.3) is 0 Å². The second-order valence-corrected chi connectivity index (χ2v) is 8.63. The van der Waals surface area contributed by atoms with Gasteiger partial charge >= 0.3 is 0 Å². The quantitative estimate of drug-likeness (QED) is 0.532. The summed E-state index contributed by atoms with van der Waals surface area (Å²) in [5.74, 6) is 0.978. The normalized spacial score (nSPS) is 11.9. The van der Waals surface area contributed by atoms with Crippen molar-refractivity contribution in [2.75, 3.05) is 6.54 Å². The first-order valence-electron chi connectivity index (χ1n) is 9.01. The third-order valence-electron chi connectivity index (χ3n) is 4.33. The summed E-state index contributed by atoms with van der Waals surface area (Å²) in [7, 11) is -3.72. The number of rotatable bonds is 8. The fourth-order valence-corrected chi connectivity index (χ4v) is 4.10. The van der Waals surface area contributed by atoms with Crippen LogP contribution in [0, 0.1) is 0 Å². The van der Waals surface area contributed by atoms with Crippen LogP contribution in [0.3, 0.4) is 0 Å². The summed E-state index contributed by atoms with van der Waals surface area (Å²) in [6.07, 6.45) is 1.54. The summed E-state index contributed by atoms with van der Waals surface area (Å²) in [5, 5.41) is 3.95. The molecule has 0 bridgehead atoms. The minimum atomic E-state index is -3.72. The summed E-state index contributed by atoms with van der Waals surface area (Å²) in [6, 6.07) is 16.3. The predicted molar refractivity (Wildman–Crippen MR) is 108 cm³/mol. The topological polar surface area (TPSA) is 76.3 Å². The van der Waals surface area contributed by atoms with Gasteiger partial charge in [-0.25, -0.2) is 8.42 Å². The monoisotopic (exact) mass is 397 g/mol. The Morgan fingerprint density at radius 2 is 1.79 bits per heavy atom. The van der Waals surface area contributed by atoms with E-state index in [2.05, 4.69) is 30.6 Å². The maximum atomic E-state index is 13.1. The predicted octanol–water partition coefficient (Wildman–Crippen LogP) is 4.24. The van der Waals surface area contributed by atoms with Crippen molar-refractivity contribution in [1.82, 2.24) is 14.4 Å². The third kappa shape index (κ3) is 4.37. The summed E-state index contributed by atoms with van der Waals surface area (Å²) in [4.78, 5) is 4.55. The van der Waals surface area contributed by atoms with Crippen LogP contribution in [-0.2, 0) is 16.6 Å². The van der Waals surface area contributed by atoms with Crippen LogP contribution in [0.4, 0.5) is 0 Å². The first kappa shape index (κ1) is 20.0. The molecule has 0 saturated carbocycles. The van der Waals surface area contributed by atoms with Crippen LogP contribution < -0.4 is 0 Å². The Morgan fingerprint density at radius 3 is 2.39 bits per heavy atom. The molecule has 0 saturated heterocycles. The molecule has 0 aliphatic heterocycles. The summed E-state index contributed by atoms with van der Waals surface area (Å²) < 4.78 is 32.7. The van der Waals surface area contributed by atoms with Gasteiger partial charge in [0.1, 0.15) is 0 Å². The Hall–Kier alpha value is -2.77. The second kappa shape index (κ2) is 8.50. The van der Waals surface area contributed by atoms with Crippen molar-refractivity contribution in [3.8, 4) is 11.4 Å². The Morgan fingerprint density at radius 1 is 1.11 bits per heavy atom. The van der Waals surface area contributed by atoms with Crippen molar-refractivity contribution in [3.63, 3.8) is 0 Å². The maximum absolute atomic E-state index is 13.1. The van der Waals surface area contributed by atoms with E-state index in [0.717, 1.165) is 11.1 Å². The molecular weight excluding hydrogens is 374 g/mol. The highest BCUT2D eigenvalue weighted by molar-refractivity contribution is 7.89. The van der Waals surface area contributed by atoms with Gasteiger partial charge < -0.3 is 4.52 Å². The van der Waals surface area contributed by atoms with Gasteiger partial charge in [0.2, 0.25) is 21.7 Å². The van der Waals surface area contributed by atoms with Crippen LogP contribution in [-0.4, -0.2) is 29.4 Å². The number of benzene rings is 2. The lowest BCUT2D eigenvalue weighted by Crippen LogP contribution is -2.31. The van der Waals surface area contributed by atoms with Gasteiger partial charge in [-0.3, -0.25) is 0 Å². The minimum Gasteiger partial charge on any atom is -0.338 e. The van der Waals surface area contributed by atoms with Gasteiger partial charge in [0.15, 0.2) is 0 Å². The highest BCUT2D eigenvalue weighted by Crippen LogP contribution is 2.22. The molecule has 3 aromatic rings. The largest absolute Gasteiger partial charge is 0.338 e. The molecule has 146 valence electrons. The average molecular weight is 398 g/mol. The Kier molecular flexibility index (Phi) is 6.06. The first-order valence-corrected chi connectivity index (χ1v) is 10.4. The van der Waals surface area contributed by atoms with E-state index in [9.17, 15) is 8.42 Å². The first-order chi connectivity index (χ1) is 13.4. The molecule has 0 radical (unpaired) electrons. The molecule has 1 heterocycles. The highest BCUT2D eigenvalue weighted by atomic mass is 32.2. The van der Waals surface area contributed by atoms with Crippen molar-refractivity contribution in [1.29, 1.82) is 0 Å². The number of hydrogen-bond donors (Lipinski definition) is 0. The lowest BCUT2D eigenvalue weighted by atomic mass is 10.0. The Bertz CT molecular complexity index is 1030. The van der Waals surface area contributed by atoms with E-state index in [1.54, 1.807) is 12.1 Å². The molecule has 3 rings (SSSR count). The van der Waals surface area contributed by atoms with Crippen LogP contribution in [0.1, 0.15) is 31.2 Å². The van der Waals surface area contributed by atoms with Gasteiger partial charge in [-0.2, -0.15) is 9.29 Å². The fourth-order valence-electron chi connectivity index (χ4n) is 2.74. The minimum absolute atomic E-state index is 0.0277. The lowest BCUT2D eigenvalue weighted by molar-refractivity contribution is 0.327. The number of aromatic nitrogens is 2. The summed E-state index contributed by atoms with van der Waals surface area (Å²) in [6.45, 7) is 7.90. The zero-order chi connectivity index (χ0) is 20.1. The molecule has 0 aliphatic carbocycles. The smallest absolute Gasteiger partial charge is 0.243 e. The van der Waals surface area contributed by atoms with E-state index in [1.807, 2.05) is 42.5 Å². The Labute approximate surface area is 165 Å². The number of hydrogen-bond acceptors (Lipinski definition) is 5. The van der Waals surface area contributed by atoms with E-state index in [4.69, 9.17) is 4.52 Å². The van der Waals surface area contributed by atoms with Crippen LogP contribution in [0.15, 0.2) is 76.7 Å². The zero-order valence-corrected chi connectivity index (χ0v) is 16.8. The van der Waals surface area contributed by atoms with Crippen molar-refractivity contribution in [2.24, 2.45) is 0 Å². The molecule has 28 heavy (non-hydrogen) atoms. The van der Waals surface area contributed by atoms with Crippen LogP contribution in [0.25, 0.3) is 11.4 Å². The molecule has 2 aromatic carbocycles. The molecule has 0 aliphatic rings. The van der Waals surface area contributed by atoms with Crippen molar-refractivity contribution >= 4 is 10.0 Å². The maximum Gasteiger partial charge on any atom is 0.243 e. The molecular formula is C21H23N3O3S. The van der Waals surface area contributed by atoms with Crippen molar-refractivity contribution in [2.45, 2.75) is 31.2 Å². The van der Waals surface area contributed by atoms with Gasteiger partial charge in [0, 0.05) is 12.1 Å². The van der Waals surface area contributed by atoms with Gasteiger partial charge in [0.05, 0.1) is 11.4 Å². The van der Waals surface area contributed by atoms with E-state index < -0.39 is 10.0 Å². The Balaban J connectivity index is 1.85. The molecule has 0 N–H and O–H groups in total. The van der Waals surface area contributed by atoms with Gasteiger partial charge in [-0.15, -0.1) is 6.58 Å². The third-order valence-corrected chi connectivity index (χ3v) is 6.15. The fraction of sp³-hybridized carbons (Fsp3) is 0.238. The van der Waals surface area contributed by atoms with Crippen LogP contribution in [0.5, 0.6) is 0 Å². The molecule has 0 amide bonds. The van der Waals surface area contributed by atoms with E-state index in [0.29, 0.717) is 11.7 Å². The van der Waals surface area contributed by atoms with Crippen LogP contribution >= 0.6 is 0 Å². The van der Waals surface area contributed by atoms with Crippen molar-refractivity contribution in [3.05, 3.63) is 78.7 Å². The average Bonchev–Trinajstić information content (AvgIpc) is 3.17. The van der Waals surface area contributed by atoms with E-state index in [-0.39, 0.29) is 23.9 Å². The molecule has 0 atom stereocenters. The van der Waals surface area contributed by atoms with E-state index >= 15 is 0 Å². The molecule has 0 spiro atoms. The van der Waals surface area contributed by atoms with Gasteiger partial charge in [-0.05, 0) is 23.6 Å². The zero-order valence-electron chi connectivity index (χ0n) is 15.9. The molecule has 1 aromatic heterocycles. The van der Waals surface area contributed by atoms with Crippen LogP contribution in [0.2, 0.25) is 0 Å². The molecule has 6 nitrogen and oxygen atoms in total. The number of sulfonamides is 1.